The molecule has 0 spiro atoms. The minimum Gasteiger partial charge on any atom is -0.506 e. The van der Waals surface area contributed by atoms with Gasteiger partial charge in [-0.05, 0) is 49.2 Å². The Balaban J connectivity index is 1.96. The molecule has 0 unspecified atom stereocenters. The van der Waals surface area contributed by atoms with Gasteiger partial charge < -0.3 is 9.29 Å². The molecule has 1 amide bonds. The van der Waals surface area contributed by atoms with Crippen LogP contribution in [0.1, 0.15) is 23.6 Å². The normalized spacial score (nSPS) is 15.8. The molecule has 1 aliphatic rings. The van der Waals surface area contributed by atoms with Crippen molar-refractivity contribution >= 4 is 43.5 Å². The number of hydrogen-bond acceptors (Lipinski definition) is 7. The molecule has 0 saturated carbocycles. The first-order chi connectivity index (χ1) is 13.9. The van der Waals surface area contributed by atoms with Crippen LogP contribution in [0.5, 0.6) is 11.5 Å². The molecule has 0 aliphatic carbocycles. The Labute approximate surface area is 179 Å². The molecule has 9 nitrogen and oxygen atoms in total. The van der Waals surface area contributed by atoms with E-state index in [4.69, 9.17) is 15.8 Å². The SMILES string of the molecule is CCS(=O)(=O)Oc1c(C)cc(Cl)cc1Cc1ccc(N2CC(=O)NS2(=O)=O)c(O)c1. The molecule has 1 heterocycles. The number of aromatic hydroxyl groups is 1. The van der Waals surface area contributed by atoms with Gasteiger partial charge in [-0.2, -0.15) is 16.8 Å². The molecular weight excluding hydrogens is 456 g/mol. The largest absolute Gasteiger partial charge is 0.506 e. The van der Waals surface area contributed by atoms with E-state index in [1.807, 2.05) is 4.72 Å². The van der Waals surface area contributed by atoms with E-state index in [2.05, 4.69) is 0 Å². The summed E-state index contributed by atoms with van der Waals surface area (Å²) in [7, 11) is -7.83. The van der Waals surface area contributed by atoms with E-state index >= 15 is 0 Å². The molecule has 2 aromatic rings. The fourth-order valence-corrected chi connectivity index (χ4v) is 5.08. The van der Waals surface area contributed by atoms with Crippen molar-refractivity contribution in [1.29, 1.82) is 0 Å². The molecule has 2 aromatic carbocycles. The van der Waals surface area contributed by atoms with Crippen molar-refractivity contribution in [3.05, 3.63) is 52.0 Å². The minimum absolute atomic E-state index is 0.0515. The van der Waals surface area contributed by atoms with Crippen LogP contribution in [0.4, 0.5) is 5.69 Å². The van der Waals surface area contributed by atoms with E-state index in [-0.39, 0.29) is 29.4 Å². The van der Waals surface area contributed by atoms with Gasteiger partial charge in [0.25, 0.3) is 5.91 Å². The zero-order valence-electron chi connectivity index (χ0n) is 16.0. The van der Waals surface area contributed by atoms with E-state index in [0.29, 0.717) is 21.7 Å². The van der Waals surface area contributed by atoms with E-state index in [1.54, 1.807) is 25.1 Å². The summed E-state index contributed by atoms with van der Waals surface area (Å²) in [6, 6.07) is 7.40. The number of hydrogen-bond donors (Lipinski definition) is 2. The van der Waals surface area contributed by atoms with Gasteiger partial charge in [-0.1, -0.05) is 17.7 Å². The second kappa shape index (κ2) is 7.97. The zero-order valence-corrected chi connectivity index (χ0v) is 18.4. The van der Waals surface area contributed by atoms with Gasteiger partial charge in [0.2, 0.25) is 0 Å². The second-order valence-electron chi connectivity index (χ2n) is 6.68. The topological polar surface area (TPSA) is 130 Å². The van der Waals surface area contributed by atoms with E-state index in [1.165, 1.54) is 19.1 Å². The molecule has 2 N–H and O–H groups in total. The van der Waals surface area contributed by atoms with Crippen LogP contribution < -0.4 is 13.2 Å². The van der Waals surface area contributed by atoms with Crippen LogP contribution in [-0.2, 0) is 31.5 Å². The van der Waals surface area contributed by atoms with Crippen LogP contribution in [0.25, 0.3) is 0 Å². The number of phenols is 1. The standard InChI is InChI=1S/C18H19ClN2O7S2/c1-3-29(24,25)28-18-11(2)6-14(19)9-13(18)7-12-4-5-15(16(22)8-12)21-10-17(23)20-30(21,26)27/h4-6,8-9,22H,3,7,10H2,1-2H3,(H,20,23). The number of anilines is 1. The number of nitrogens with zero attached hydrogens (tertiary/aromatic N) is 1. The minimum atomic E-state index is -4.06. The fourth-order valence-electron chi connectivity index (χ4n) is 3.01. The maximum Gasteiger partial charge on any atom is 0.326 e. The highest BCUT2D eigenvalue weighted by atomic mass is 35.5. The third kappa shape index (κ3) is 4.63. The summed E-state index contributed by atoms with van der Waals surface area (Å²) in [5, 5.41) is 10.7. The van der Waals surface area contributed by atoms with Crippen molar-refractivity contribution < 1.29 is 30.9 Å². The summed E-state index contributed by atoms with van der Waals surface area (Å²) in [5.74, 6) is -1.11. The molecule has 1 saturated heterocycles. The molecule has 1 aliphatic heterocycles. The first-order valence-electron chi connectivity index (χ1n) is 8.78. The third-order valence-electron chi connectivity index (χ3n) is 4.40. The molecule has 162 valence electrons. The van der Waals surface area contributed by atoms with Crippen molar-refractivity contribution in [2.24, 2.45) is 0 Å². The molecule has 0 atom stereocenters. The van der Waals surface area contributed by atoms with Crippen molar-refractivity contribution in [2.45, 2.75) is 20.3 Å². The zero-order chi connectivity index (χ0) is 22.3. The molecule has 12 heteroatoms. The summed E-state index contributed by atoms with van der Waals surface area (Å²) in [4.78, 5) is 11.4. The lowest BCUT2D eigenvalue weighted by Gasteiger charge is -2.17. The van der Waals surface area contributed by atoms with Crippen molar-refractivity contribution in [3.8, 4) is 11.5 Å². The van der Waals surface area contributed by atoms with E-state index < -0.39 is 32.8 Å². The number of rotatable bonds is 6. The highest BCUT2D eigenvalue weighted by Gasteiger charge is 2.35. The molecule has 0 bridgehead atoms. The second-order valence-corrected chi connectivity index (χ2v) is 10.6. The number of amides is 1. The molecule has 3 rings (SSSR count). The lowest BCUT2D eigenvalue weighted by atomic mass is 10.0. The van der Waals surface area contributed by atoms with Gasteiger partial charge in [-0.25, -0.2) is 9.03 Å². The van der Waals surface area contributed by atoms with Crippen LogP contribution in [0.3, 0.4) is 0 Å². The van der Waals surface area contributed by atoms with Crippen LogP contribution in [0.2, 0.25) is 5.02 Å². The van der Waals surface area contributed by atoms with Crippen LogP contribution in [-0.4, -0.2) is 40.1 Å². The van der Waals surface area contributed by atoms with Crippen molar-refractivity contribution in [3.63, 3.8) is 0 Å². The Morgan fingerprint density at radius 3 is 2.53 bits per heavy atom. The van der Waals surface area contributed by atoms with Gasteiger partial charge >= 0.3 is 20.3 Å². The maximum absolute atomic E-state index is 12.0. The predicted molar refractivity (Wildman–Crippen MR) is 112 cm³/mol. The van der Waals surface area contributed by atoms with Gasteiger partial charge in [-0.3, -0.25) is 4.79 Å². The van der Waals surface area contributed by atoms with Crippen LogP contribution >= 0.6 is 11.6 Å². The monoisotopic (exact) mass is 474 g/mol. The van der Waals surface area contributed by atoms with Crippen molar-refractivity contribution in [1.82, 2.24) is 4.72 Å². The summed E-state index contributed by atoms with van der Waals surface area (Å²) >= 11 is 6.11. The Morgan fingerprint density at radius 2 is 1.97 bits per heavy atom. The summed E-state index contributed by atoms with van der Waals surface area (Å²) in [5.41, 5.74) is 1.51. The Hall–Kier alpha value is -2.50. The van der Waals surface area contributed by atoms with Gasteiger partial charge in [0.05, 0.1) is 11.4 Å². The number of phenolic OH excluding ortho intramolecular Hbond substituents is 1. The van der Waals surface area contributed by atoms with Gasteiger partial charge in [0, 0.05) is 17.0 Å². The number of benzene rings is 2. The number of aryl methyl sites for hydroxylation is 1. The van der Waals surface area contributed by atoms with E-state index in [0.717, 1.165) is 4.31 Å². The van der Waals surface area contributed by atoms with Crippen molar-refractivity contribution in [2.75, 3.05) is 16.6 Å². The maximum atomic E-state index is 12.0. The lowest BCUT2D eigenvalue weighted by molar-refractivity contribution is -0.117. The number of carbonyl (C=O) groups is 1. The smallest absolute Gasteiger partial charge is 0.326 e. The first kappa shape index (κ1) is 22.2. The predicted octanol–water partition coefficient (Wildman–Crippen LogP) is 1.85. The summed E-state index contributed by atoms with van der Waals surface area (Å²) in [6.45, 7) is 2.69. The molecular formula is C18H19ClN2O7S2. The van der Waals surface area contributed by atoms with Gasteiger partial charge in [0.15, 0.2) is 0 Å². The van der Waals surface area contributed by atoms with Gasteiger partial charge in [-0.15, -0.1) is 0 Å². The average Bonchev–Trinajstić information content (AvgIpc) is 2.90. The first-order valence-corrected chi connectivity index (χ1v) is 12.2. The third-order valence-corrected chi connectivity index (χ3v) is 7.14. The fraction of sp³-hybridized carbons (Fsp3) is 0.278. The van der Waals surface area contributed by atoms with Gasteiger partial charge in [0.1, 0.15) is 18.0 Å². The highest BCUT2D eigenvalue weighted by molar-refractivity contribution is 7.92. The lowest BCUT2D eigenvalue weighted by Crippen LogP contribution is -2.29. The molecule has 0 aromatic heterocycles. The number of nitrogens with one attached hydrogen (secondary N) is 1. The Kier molecular flexibility index (Phi) is 5.89. The average molecular weight is 475 g/mol. The molecule has 0 radical (unpaired) electrons. The summed E-state index contributed by atoms with van der Waals surface area (Å²) in [6.07, 6.45) is 0.160. The Morgan fingerprint density at radius 1 is 1.27 bits per heavy atom. The number of halogens is 1. The van der Waals surface area contributed by atoms with E-state index in [9.17, 15) is 26.7 Å². The van der Waals surface area contributed by atoms with Crippen LogP contribution in [0, 0.1) is 6.92 Å². The molecule has 30 heavy (non-hydrogen) atoms. The van der Waals surface area contributed by atoms with Crippen LogP contribution in [0.15, 0.2) is 30.3 Å². The number of carbonyl (C=O) groups excluding carboxylic acids is 1. The highest BCUT2D eigenvalue weighted by Crippen LogP contribution is 2.35. The Bertz CT molecular complexity index is 1230. The molecule has 1 fully saturated rings. The quantitative estimate of drug-likeness (QED) is 0.611. The summed E-state index contributed by atoms with van der Waals surface area (Å²) < 4.78 is 55.7.